The number of hydrogen-bond acceptors (Lipinski definition) is 8. The van der Waals surface area contributed by atoms with Gasteiger partial charge in [-0.1, -0.05) is 6.92 Å². The molecule has 0 bridgehead atoms. The van der Waals surface area contributed by atoms with E-state index in [9.17, 15) is 18.3 Å². The Morgan fingerprint density at radius 3 is 2.54 bits per heavy atom. The van der Waals surface area contributed by atoms with Gasteiger partial charge in [-0.2, -0.15) is 0 Å². The largest absolute Gasteiger partial charge is 0.497 e. The van der Waals surface area contributed by atoms with Crippen molar-refractivity contribution >= 4 is 21.6 Å². The summed E-state index contributed by atoms with van der Waals surface area (Å²) < 4.78 is 40.4. The monoisotopic (exact) mass is 582 g/mol. The van der Waals surface area contributed by atoms with Crippen LogP contribution in [0.25, 0.3) is 0 Å². The van der Waals surface area contributed by atoms with Crippen LogP contribution in [0, 0.1) is 5.92 Å². The maximum atomic E-state index is 13.5. The molecule has 0 saturated heterocycles. The number of aromatic nitrogens is 1. The number of fused-ring (bicyclic) bond motifs is 1. The highest BCUT2D eigenvalue weighted by atomic mass is 32.2. The van der Waals surface area contributed by atoms with Crippen molar-refractivity contribution in [2.75, 3.05) is 38.6 Å². The fourth-order valence-corrected chi connectivity index (χ4v) is 5.90. The summed E-state index contributed by atoms with van der Waals surface area (Å²) in [5.41, 5.74) is 2.01. The Hall–Kier alpha value is -3.67. The first-order valence-corrected chi connectivity index (χ1v) is 15.0. The number of carbonyl (C=O) groups is 1. The zero-order valence-electron chi connectivity index (χ0n) is 23.9. The normalized spacial score (nSPS) is 18.5. The number of likely N-dealkylation sites (N-methyl/N-ethyl adjacent to an activating group) is 1. The number of benzene rings is 2. The number of rotatable bonds is 10. The number of aliphatic hydroxyl groups excluding tert-OH is 1. The summed E-state index contributed by atoms with van der Waals surface area (Å²) in [6.07, 6.45) is 3.25. The molecule has 0 saturated carbocycles. The van der Waals surface area contributed by atoms with Crippen molar-refractivity contribution in [3.63, 3.8) is 0 Å². The van der Waals surface area contributed by atoms with Crippen molar-refractivity contribution in [3.05, 3.63) is 78.1 Å². The molecule has 0 unspecified atom stereocenters. The average molecular weight is 583 g/mol. The van der Waals surface area contributed by atoms with Gasteiger partial charge >= 0.3 is 0 Å². The first-order chi connectivity index (χ1) is 19.6. The van der Waals surface area contributed by atoms with Crippen LogP contribution in [-0.4, -0.2) is 80.2 Å². The molecule has 3 atom stereocenters. The van der Waals surface area contributed by atoms with Crippen molar-refractivity contribution in [3.8, 4) is 11.5 Å². The minimum Gasteiger partial charge on any atom is -0.497 e. The third-order valence-electron chi connectivity index (χ3n) is 7.23. The van der Waals surface area contributed by atoms with Gasteiger partial charge < -0.3 is 19.5 Å². The van der Waals surface area contributed by atoms with E-state index in [-0.39, 0.29) is 41.9 Å². The number of methoxy groups -OCH3 is 1. The van der Waals surface area contributed by atoms with Crippen molar-refractivity contribution in [2.24, 2.45) is 5.92 Å². The van der Waals surface area contributed by atoms with Crippen LogP contribution in [0.1, 0.15) is 25.0 Å². The molecule has 10 nitrogen and oxygen atoms in total. The topological polar surface area (TPSA) is 121 Å². The molecule has 2 aromatic carbocycles. The minimum atomic E-state index is -3.88. The van der Waals surface area contributed by atoms with Crippen molar-refractivity contribution < 1.29 is 27.8 Å². The van der Waals surface area contributed by atoms with Gasteiger partial charge in [-0.3, -0.25) is 19.4 Å². The second kappa shape index (κ2) is 13.3. The number of nitrogens with zero attached hydrogens (tertiary/aromatic N) is 3. The zero-order valence-corrected chi connectivity index (χ0v) is 24.7. The molecule has 0 spiro atoms. The fraction of sp³-hybridized carbons (Fsp3) is 0.400. The summed E-state index contributed by atoms with van der Waals surface area (Å²) in [4.78, 5) is 21.5. The number of pyridine rings is 1. The number of sulfonamides is 1. The number of aliphatic hydroxyl groups is 1. The summed E-state index contributed by atoms with van der Waals surface area (Å²) in [6.45, 7) is 5.39. The van der Waals surface area contributed by atoms with Crippen LogP contribution in [0.4, 0.5) is 5.69 Å². The Bertz CT molecular complexity index is 1420. The minimum absolute atomic E-state index is 0.00404. The summed E-state index contributed by atoms with van der Waals surface area (Å²) in [5, 5.41) is 9.88. The Kier molecular flexibility index (Phi) is 9.85. The maximum absolute atomic E-state index is 13.5. The number of amides is 1. The van der Waals surface area contributed by atoms with Crippen LogP contribution in [0.2, 0.25) is 0 Å². The molecule has 0 fully saturated rings. The molecule has 1 amide bonds. The fourth-order valence-electron chi connectivity index (χ4n) is 4.85. The van der Waals surface area contributed by atoms with E-state index in [2.05, 4.69) is 14.6 Å². The molecule has 1 aromatic heterocycles. The molecule has 2 N–H and O–H groups in total. The lowest BCUT2D eigenvalue weighted by molar-refractivity contribution is -0.134. The van der Waals surface area contributed by atoms with Gasteiger partial charge in [0.15, 0.2) is 0 Å². The van der Waals surface area contributed by atoms with E-state index in [4.69, 9.17) is 9.47 Å². The van der Waals surface area contributed by atoms with Crippen molar-refractivity contribution in [2.45, 2.75) is 43.9 Å². The third-order valence-corrected chi connectivity index (χ3v) is 8.63. The van der Waals surface area contributed by atoms with Gasteiger partial charge in [0.05, 0.1) is 31.1 Å². The van der Waals surface area contributed by atoms with E-state index in [0.29, 0.717) is 42.4 Å². The molecular formula is C30H38N4O6S. The predicted octanol–water partition coefficient (Wildman–Crippen LogP) is 3.17. The van der Waals surface area contributed by atoms with Gasteiger partial charge in [-0.15, -0.1) is 0 Å². The zero-order chi connectivity index (χ0) is 29.6. The van der Waals surface area contributed by atoms with Gasteiger partial charge in [0, 0.05) is 49.2 Å². The Morgan fingerprint density at radius 2 is 1.88 bits per heavy atom. The Morgan fingerprint density at radius 1 is 1.17 bits per heavy atom. The SMILES string of the molecule is COc1ccc(S(=O)(=O)Nc2ccc3c(c2)CC(=O)N([C@H](C)CO)C[C@@H](C)[C@H](CN(C)Cc2ccncc2)O3)cc1. The molecule has 220 valence electrons. The highest BCUT2D eigenvalue weighted by Crippen LogP contribution is 2.30. The van der Waals surface area contributed by atoms with E-state index in [1.807, 2.05) is 33.0 Å². The lowest BCUT2D eigenvalue weighted by atomic mass is 10.0. The molecule has 4 rings (SSSR count). The molecule has 0 aliphatic carbocycles. The number of carbonyl (C=O) groups excluding carboxylic acids is 1. The Balaban J connectivity index is 1.62. The Labute approximate surface area is 242 Å². The van der Waals surface area contributed by atoms with Crippen LogP contribution < -0.4 is 14.2 Å². The molecule has 1 aliphatic rings. The summed E-state index contributed by atoms with van der Waals surface area (Å²) >= 11 is 0. The highest BCUT2D eigenvalue weighted by Gasteiger charge is 2.31. The second-order valence-electron chi connectivity index (χ2n) is 10.5. The molecule has 11 heteroatoms. The van der Waals surface area contributed by atoms with Gasteiger partial charge in [0.2, 0.25) is 5.91 Å². The first-order valence-electron chi connectivity index (χ1n) is 13.5. The molecular weight excluding hydrogens is 544 g/mol. The summed E-state index contributed by atoms with van der Waals surface area (Å²) in [5.74, 6) is 0.864. The van der Waals surface area contributed by atoms with Gasteiger partial charge in [-0.25, -0.2) is 8.42 Å². The number of anilines is 1. The quantitative estimate of drug-likeness (QED) is 0.374. The average Bonchev–Trinajstić information content (AvgIpc) is 3.00. The van der Waals surface area contributed by atoms with Crippen LogP contribution in [0.15, 0.2) is 71.9 Å². The standard InChI is InChI=1S/C30H38N4O6S/c1-21-17-34(22(2)20-35)30(36)16-24-15-25(32-41(37,38)27-8-6-26(39-4)7-9-27)5-10-28(24)40-29(21)19-33(3)18-23-11-13-31-14-12-23/h5-15,21-22,29,32,35H,16-20H2,1-4H3/t21-,22-,29+/m1/s1. The number of hydrogen-bond donors (Lipinski definition) is 2. The van der Waals surface area contributed by atoms with E-state index in [1.54, 1.807) is 47.6 Å². The number of ether oxygens (including phenoxy) is 2. The predicted molar refractivity (Wildman–Crippen MR) is 156 cm³/mol. The second-order valence-corrected chi connectivity index (χ2v) is 12.2. The van der Waals surface area contributed by atoms with Crippen LogP contribution >= 0.6 is 0 Å². The number of nitrogens with one attached hydrogen (secondary N) is 1. The molecule has 3 aromatic rings. The van der Waals surface area contributed by atoms with Gasteiger partial charge in [0.25, 0.3) is 10.0 Å². The van der Waals surface area contributed by atoms with Crippen LogP contribution in [0.5, 0.6) is 11.5 Å². The van der Waals surface area contributed by atoms with Gasteiger partial charge in [-0.05, 0) is 74.1 Å². The first kappa shape index (κ1) is 30.3. The lowest BCUT2D eigenvalue weighted by Gasteiger charge is -2.34. The van der Waals surface area contributed by atoms with E-state index >= 15 is 0 Å². The summed E-state index contributed by atoms with van der Waals surface area (Å²) in [7, 11) is -0.355. The van der Waals surface area contributed by atoms with Crippen molar-refractivity contribution in [1.82, 2.24) is 14.8 Å². The molecule has 2 heterocycles. The van der Waals surface area contributed by atoms with E-state index < -0.39 is 10.0 Å². The molecule has 0 radical (unpaired) electrons. The maximum Gasteiger partial charge on any atom is 0.261 e. The lowest BCUT2D eigenvalue weighted by Crippen LogP contribution is -2.47. The van der Waals surface area contributed by atoms with E-state index in [1.165, 1.54) is 19.2 Å². The van der Waals surface area contributed by atoms with Gasteiger partial charge in [0.1, 0.15) is 17.6 Å². The summed E-state index contributed by atoms with van der Waals surface area (Å²) in [6, 6.07) is 14.6. The molecule has 41 heavy (non-hydrogen) atoms. The highest BCUT2D eigenvalue weighted by molar-refractivity contribution is 7.92. The smallest absolute Gasteiger partial charge is 0.261 e. The third kappa shape index (κ3) is 7.75. The van der Waals surface area contributed by atoms with Crippen LogP contribution in [-0.2, 0) is 27.8 Å². The molecule has 1 aliphatic heterocycles. The van der Waals surface area contributed by atoms with Crippen LogP contribution in [0.3, 0.4) is 0 Å². The van der Waals surface area contributed by atoms with Crippen molar-refractivity contribution in [1.29, 1.82) is 0 Å². The van der Waals surface area contributed by atoms with E-state index in [0.717, 1.165) is 5.56 Å².